The summed E-state index contributed by atoms with van der Waals surface area (Å²) in [7, 11) is 0. The van der Waals surface area contributed by atoms with E-state index in [1.165, 1.54) is 19.3 Å². The van der Waals surface area contributed by atoms with Crippen molar-refractivity contribution in [2.45, 2.75) is 32.1 Å². The van der Waals surface area contributed by atoms with Gasteiger partial charge in [-0.15, -0.1) is 0 Å². The third kappa shape index (κ3) is 3.22. The van der Waals surface area contributed by atoms with Crippen LogP contribution in [0, 0.1) is 5.92 Å². The second kappa shape index (κ2) is 5.54. The number of carbonyl (C=O) groups excluding carboxylic acids is 1. The summed E-state index contributed by atoms with van der Waals surface area (Å²) in [6.07, 6.45) is 5.63. The van der Waals surface area contributed by atoms with E-state index in [0.717, 1.165) is 23.0 Å². The van der Waals surface area contributed by atoms with Crippen LogP contribution < -0.4 is 11.1 Å². The molecule has 17 heavy (non-hydrogen) atoms. The molecule has 1 fully saturated rings. The largest absolute Gasteiger partial charge is 0.398 e. The molecular weight excluding hydrogens is 280 g/mol. The zero-order valence-electron chi connectivity index (χ0n) is 9.71. The Labute approximate surface area is 110 Å². The van der Waals surface area contributed by atoms with Gasteiger partial charge in [0.2, 0.25) is 5.91 Å². The van der Waals surface area contributed by atoms with Gasteiger partial charge in [-0.3, -0.25) is 4.79 Å². The molecule has 1 aromatic carbocycles. The molecule has 4 heteroatoms. The second-order valence-corrected chi connectivity index (χ2v) is 5.41. The van der Waals surface area contributed by atoms with Gasteiger partial charge in [0.05, 0.1) is 0 Å². The summed E-state index contributed by atoms with van der Waals surface area (Å²) in [6, 6.07) is 5.47. The van der Waals surface area contributed by atoms with Gasteiger partial charge in [-0.25, -0.2) is 0 Å². The van der Waals surface area contributed by atoms with Gasteiger partial charge in [-0.2, -0.15) is 0 Å². The Hall–Kier alpha value is -1.03. The van der Waals surface area contributed by atoms with E-state index in [4.69, 9.17) is 5.73 Å². The van der Waals surface area contributed by atoms with Crippen LogP contribution in [0.25, 0.3) is 0 Å². The molecule has 0 atom stereocenters. The Bertz CT molecular complexity index is 414. The van der Waals surface area contributed by atoms with Gasteiger partial charge in [0.1, 0.15) is 0 Å². The molecule has 0 aliphatic heterocycles. The van der Waals surface area contributed by atoms with E-state index >= 15 is 0 Å². The summed E-state index contributed by atoms with van der Waals surface area (Å²) in [4.78, 5) is 12.0. The Balaban J connectivity index is 1.99. The van der Waals surface area contributed by atoms with Gasteiger partial charge in [-0.05, 0) is 47.0 Å². The van der Waals surface area contributed by atoms with Gasteiger partial charge < -0.3 is 11.1 Å². The standard InChI is InChI=1S/C13H17BrN2O/c14-11-8-10(6-7-12(11)15)16-13(17)9-4-2-1-3-5-9/h6-9H,1-5,15H2,(H,16,17). The second-order valence-electron chi connectivity index (χ2n) is 4.56. The zero-order chi connectivity index (χ0) is 12.3. The molecule has 0 radical (unpaired) electrons. The predicted molar refractivity (Wildman–Crippen MR) is 73.8 cm³/mol. The highest BCUT2D eigenvalue weighted by molar-refractivity contribution is 9.10. The summed E-state index contributed by atoms with van der Waals surface area (Å²) in [5.74, 6) is 0.321. The Morgan fingerprint density at radius 1 is 1.29 bits per heavy atom. The fourth-order valence-corrected chi connectivity index (χ4v) is 2.59. The summed E-state index contributed by atoms with van der Waals surface area (Å²) in [6.45, 7) is 0. The van der Waals surface area contributed by atoms with Crippen LogP contribution in [0.4, 0.5) is 11.4 Å². The van der Waals surface area contributed by atoms with E-state index in [2.05, 4.69) is 21.2 Å². The third-order valence-electron chi connectivity index (χ3n) is 3.24. The number of rotatable bonds is 2. The molecule has 0 bridgehead atoms. The molecule has 1 aliphatic carbocycles. The van der Waals surface area contributed by atoms with Gasteiger partial charge >= 0.3 is 0 Å². The topological polar surface area (TPSA) is 55.1 Å². The van der Waals surface area contributed by atoms with Crippen LogP contribution in [0.15, 0.2) is 22.7 Å². The highest BCUT2D eigenvalue weighted by Gasteiger charge is 2.20. The lowest BCUT2D eigenvalue weighted by Gasteiger charge is -2.20. The van der Waals surface area contributed by atoms with E-state index in [0.29, 0.717) is 5.69 Å². The van der Waals surface area contributed by atoms with E-state index in [1.54, 1.807) is 6.07 Å². The number of nitrogens with two attached hydrogens (primary N) is 1. The van der Waals surface area contributed by atoms with Crippen LogP contribution in [-0.4, -0.2) is 5.91 Å². The number of hydrogen-bond acceptors (Lipinski definition) is 2. The van der Waals surface area contributed by atoms with E-state index in [-0.39, 0.29) is 11.8 Å². The van der Waals surface area contributed by atoms with Crippen molar-refractivity contribution in [3.63, 3.8) is 0 Å². The molecule has 1 amide bonds. The average molecular weight is 297 g/mol. The van der Waals surface area contributed by atoms with Gasteiger partial charge in [0.25, 0.3) is 0 Å². The summed E-state index contributed by atoms with van der Waals surface area (Å²) >= 11 is 3.36. The van der Waals surface area contributed by atoms with Crippen molar-refractivity contribution >= 4 is 33.2 Å². The van der Waals surface area contributed by atoms with Crippen molar-refractivity contribution in [2.75, 3.05) is 11.1 Å². The molecule has 2 rings (SSSR count). The third-order valence-corrected chi connectivity index (χ3v) is 3.93. The quantitative estimate of drug-likeness (QED) is 0.820. The fourth-order valence-electron chi connectivity index (χ4n) is 2.21. The molecule has 0 aromatic heterocycles. The molecule has 0 spiro atoms. The number of anilines is 2. The van der Waals surface area contributed by atoms with E-state index < -0.39 is 0 Å². The smallest absolute Gasteiger partial charge is 0.227 e. The number of nitrogen functional groups attached to an aromatic ring is 1. The number of halogens is 1. The first-order valence-electron chi connectivity index (χ1n) is 6.02. The molecule has 3 N–H and O–H groups in total. The molecule has 1 aromatic rings. The number of hydrogen-bond donors (Lipinski definition) is 2. The first kappa shape index (κ1) is 12.4. The molecule has 3 nitrogen and oxygen atoms in total. The highest BCUT2D eigenvalue weighted by atomic mass is 79.9. The normalized spacial score (nSPS) is 16.8. The van der Waals surface area contributed by atoms with Crippen LogP contribution >= 0.6 is 15.9 Å². The summed E-state index contributed by atoms with van der Waals surface area (Å²) in [5, 5.41) is 2.96. The number of benzene rings is 1. The Morgan fingerprint density at radius 2 is 2.00 bits per heavy atom. The first-order chi connectivity index (χ1) is 8.16. The minimum absolute atomic E-state index is 0.140. The Morgan fingerprint density at radius 3 is 2.65 bits per heavy atom. The van der Waals surface area contributed by atoms with Crippen LogP contribution in [0.1, 0.15) is 32.1 Å². The van der Waals surface area contributed by atoms with Crippen molar-refractivity contribution in [3.05, 3.63) is 22.7 Å². The highest BCUT2D eigenvalue weighted by Crippen LogP contribution is 2.27. The number of carbonyl (C=O) groups is 1. The van der Waals surface area contributed by atoms with Gasteiger partial charge in [0.15, 0.2) is 0 Å². The average Bonchev–Trinajstić information content (AvgIpc) is 2.35. The van der Waals surface area contributed by atoms with E-state index in [9.17, 15) is 4.79 Å². The van der Waals surface area contributed by atoms with Crippen LogP contribution in [0.5, 0.6) is 0 Å². The van der Waals surface area contributed by atoms with Crippen molar-refractivity contribution in [3.8, 4) is 0 Å². The minimum atomic E-state index is 0.140. The summed E-state index contributed by atoms with van der Waals surface area (Å²) < 4.78 is 0.818. The Kier molecular flexibility index (Phi) is 4.05. The van der Waals surface area contributed by atoms with E-state index in [1.807, 2.05) is 12.1 Å². The van der Waals surface area contributed by atoms with Crippen LogP contribution in [0.2, 0.25) is 0 Å². The molecule has 92 valence electrons. The minimum Gasteiger partial charge on any atom is -0.398 e. The maximum absolute atomic E-state index is 12.0. The molecule has 1 saturated carbocycles. The maximum atomic E-state index is 12.0. The van der Waals surface area contributed by atoms with Crippen LogP contribution in [0.3, 0.4) is 0 Å². The predicted octanol–water partition coefficient (Wildman–Crippen LogP) is 3.55. The lowest BCUT2D eigenvalue weighted by molar-refractivity contribution is -0.120. The molecule has 1 aliphatic rings. The molecule has 0 saturated heterocycles. The monoisotopic (exact) mass is 296 g/mol. The fraction of sp³-hybridized carbons (Fsp3) is 0.462. The maximum Gasteiger partial charge on any atom is 0.227 e. The first-order valence-corrected chi connectivity index (χ1v) is 6.82. The number of nitrogens with one attached hydrogen (secondary N) is 1. The van der Waals surface area contributed by atoms with Crippen molar-refractivity contribution in [2.24, 2.45) is 5.92 Å². The number of amides is 1. The van der Waals surface area contributed by atoms with Crippen molar-refractivity contribution < 1.29 is 4.79 Å². The molecular formula is C13H17BrN2O. The zero-order valence-corrected chi connectivity index (χ0v) is 11.3. The van der Waals surface area contributed by atoms with Crippen molar-refractivity contribution in [1.29, 1.82) is 0 Å². The van der Waals surface area contributed by atoms with Crippen LogP contribution in [-0.2, 0) is 4.79 Å². The molecule has 0 heterocycles. The van der Waals surface area contributed by atoms with Gasteiger partial charge in [0, 0.05) is 21.8 Å². The molecule has 0 unspecified atom stereocenters. The lowest BCUT2D eigenvalue weighted by Crippen LogP contribution is -2.24. The summed E-state index contributed by atoms with van der Waals surface area (Å²) in [5.41, 5.74) is 7.19. The van der Waals surface area contributed by atoms with Crippen molar-refractivity contribution in [1.82, 2.24) is 0 Å². The SMILES string of the molecule is Nc1ccc(NC(=O)C2CCCCC2)cc1Br. The van der Waals surface area contributed by atoms with Gasteiger partial charge in [-0.1, -0.05) is 19.3 Å². The lowest BCUT2D eigenvalue weighted by atomic mass is 9.88.